The van der Waals surface area contributed by atoms with Gasteiger partial charge in [-0.15, -0.1) is 0 Å². The van der Waals surface area contributed by atoms with Gasteiger partial charge in [0.05, 0.1) is 6.54 Å². The lowest BCUT2D eigenvalue weighted by molar-refractivity contribution is -0.117. The van der Waals surface area contributed by atoms with Crippen LogP contribution < -0.4 is 5.32 Å². The summed E-state index contributed by atoms with van der Waals surface area (Å²) in [7, 11) is 1.96. The zero-order valence-corrected chi connectivity index (χ0v) is 14.5. The number of likely N-dealkylation sites (N-methyl/N-ethyl adjacent to an activating group) is 1. The number of anilines is 1. The SMILES string of the molecule is Cc1cccc(NC(=O)CN(C)Cc2ccc(C(C)C)cc2)c1. The Labute approximate surface area is 139 Å². The van der Waals surface area contributed by atoms with Crippen LogP contribution in [0, 0.1) is 6.92 Å². The number of nitrogens with one attached hydrogen (secondary N) is 1. The van der Waals surface area contributed by atoms with Crippen molar-refractivity contribution >= 4 is 11.6 Å². The van der Waals surface area contributed by atoms with Crippen molar-refractivity contribution in [1.82, 2.24) is 4.90 Å². The third kappa shape index (κ3) is 5.53. The van der Waals surface area contributed by atoms with Crippen molar-refractivity contribution in [2.45, 2.75) is 33.2 Å². The average Bonchev–Trinajstić information content (AvgIpc) is 2.47. The molecule has 1 N–H and O–H groups in total. The monoisotopic (exact) mass is 310 g/mol. The van der Waals surface area contributed by atoms with Gasteiger partial charge in [0.1, 0.15) is 0 Å². The van der Waals surface area contributed by atoms with Crippen LogP contribution in [-0.2, 0) is 11.3 Å². The second kappa shape index (κ2) is 7.93. The molecule has 2 aromatic carbocycles. The fraction of sp³-hybridized carbons (Fsp3) is 0.350. The molecule has 0 aliphatic heterocycles. The predicted octanol–water partition coefficient (Wildman–Crippen LogP) is 4.19. The lowest BCUT2D eigenvalue weighted by Crippen LogP contribution is -2.29. The van der Waals surface area contributed by atoms with E-state index >= 15 is 0 Å². The summed E-state index contributed by atoms with van der Waals surface area (Å²) < 4.78 is 0. The van der Waals surface area contributed by atoms with Gasteiger partial charge in [-0.3, -0.25) is 9.69 Å². The van der Waals surface area contributed by atoms with Gasteiger partial charge >= 0.3 is 0 Å². The van der Waals surface area contributed by atoms with Crippen molar-refractivity contribution in [1.29, 1.82) is 0 Å². The molecule has 0 heterocycles. The van der Waals surface area contributed by atoms with Gasteiger partial charge in [0.25, 0.3) is 0 Å². The fourth-order valence-electron chi connectivity index (χ4n) is 2.54. The molecule has 0 aliphatic rings. The largest absolute Gasteiger partial charge is 0.325 e. The van der Waals surface area contributed by atoms with Crippen molar-refractivity contribution in [3.8, 4) is 0 Å². The van der Waals surface area contributed by atoms with E-state index < -0.39 is 0 Å². The van der Waals surface area contributed by atoms with Crippen LogP contribution in [0.2, 0.25) is 0 Å². The van der Waals surface area contributed by atoms with Gasteiger partial charge in [0, 0.05) is 12.2 Å². The van der Waals surface area contributed by atoms with Crippen LogP contribution in [0.3, 0.4) is 0 Å². The van der Waals surface area contributed by atoms with Crippen molar-refractivity contribution in [3.63, 3.8) is 0 Å². The van der Waals surface area contributed by atoms with E-state index in [1.807, 2.05) is 43.1 Å². The summed E-state index contributed by atoms with van der Waals surface area (Å²) in [6.45, 7) is 7.54. The molecule has 0 saturated carbocycles. The van der Waals surface area contributed by atoms with Crippen molar-refractivity contribution in [3.05, 3.63) is 65.2 Å². The molecule has 1 amide bonds. The Morgan fingerprint density at radius 2 is 1.83 bits per heavy atom. The number of benzene rings is 2. The van der Waals surface area contributed by atoms with Gasteiger partial charge in [-0.2, -0.15) is 0 Å². The van der Waals surface area contributed by atoms with E-state index in [4.69, 9.17) is 0 Å². The first-order valence-corrected chi connectivity index (χ1v) is 8.08. The molecule has 23 heavy (non-hydrogen) atoms. The first kappa shape index (κ1) is 17.2. The summed E-state index contributed by atoms with van der Waals surface area (Å²) in [4.78, 5) is 14.1. The number of carbonyl (C=O) groups is 1. The summed E-state index contributed by atoms with van der Waals surface area (Å²) in [5, 5.41) is 2.94. The average molecular weight is 310 g/mol. The second-order valence-electron chi connectivity index (χ2n) is 6.49. The van der Waals surface area contributed by atoms with Gasteiger partial charge in [-0.05, 0) is 48.7 Å². The first-order valence-electron chi connectivity index (χ1n) is 8.08. The molecule has 0 bridgehead atoms. The number of hydrogen-bond donors (Lipinski definition) is 1. The maximum absolute atomic E-state index is 12.1. The molecule has 0 spiro atoms. The van der Waals surface area contributed by atoms with Crippen molar-refractivity contribution in [2.24, 2.45) is 0 Å². The standard InChI is InChI=1S/C20H26N2O/c1-15(2)18-10-8-17(9-11-18)13-22(4)14-20(23)21-19-7-5-6-16(3)12-19/h5-12,15H,13-14H2,1-4H3,(H,21,23). The van der Waals surface area contributed by atoms with E-state index in [0.717, 1.165) is 17.8 Å². The van der Waals surface area contributed by atoms with Gasteiger partial charge in [0.2, 0.25) is 5.91 Å². The highest BCUT2D eigenvalue weighted by molar-refractivity contribution is 5.92. The van der Waals surface area contributed by atoms with Gasteiger partial charge in [0.15, 0.2) is 0 Å². The summed E-state index contributed by atoms with van der Waals surface area (Å²) in [6.07, 6.45) is 0. The van der Waals surface area contributed by atoms with Crippen molar-refractivity contribution < 1.29 is 4.79 Å². The fourth-order valence-corrected chi connectivity index (χ4v) is 2.54. The minimum Gasteiger partial charge on any atom is -0.325 e. The quantitative estimate of drug-likeness (QED) is 0.867. The maximum Gasteiger partial charge on any atom is 0.238 e. The highest BCUT2D eigenvalue weighted by atomic mass is 16.2. The molecule has 0 saturated heterocycles. The Morgan fingerprint density at radius 1 is 1.13 bits per heavy atom. The van der Waals surface area contributed by atoms with Gasteiger partial charge in [-0.1, -0.05) is 50.2 Å². The number of amides is 1. The van der Waals surface area contributed by atoms with Crippen LogP contribution in [-0.4, -0.2) is 24.4 Å². The van der Waals surface area contributed by atoms with Gasteiger partial charge in [-0.25, -0.2) is 0 Å². The minimum absolute atomic E-state index is 0.0110. The second-order valence-corrected chi connectivity index (χ2v) is 6.49. The molecular formula is C20H26N2O. The molecule has 0 fully saturated rings. The summed E-state index contributed by atoms with van der Waals surface area (Å²) in [5.74, 6) is 0.554. The third-order valence-corrected chi connectivity index (χ3v) is 3.81. The number of nitrogens with zero attached hydrogens (tertiary/aromatic N) is 1. The Morgan fingerprint density at radius 3 is 2.43 bits per heavy atom. The number of rotatable bonds is 6. The zero-order valence-electron chi connectivity index (χ0n) is 14.5. The molecule has 122 valence electrons. The number of hydrogen-bond acceptors (Lipinski definition) is 2. The van der Waals surface area contributed by atoms with E-state index in [0.29, 0.717) is 12.5 Å². The Bertz CT molecular complexity index is 647. The van der Waals surface area contributed by atoms with Crippen molar-refractivity contribution in [2.75, 3.05) is 18.9 Å². The third-order valence-electron chi connectivity index (χ3n) is 3.81. The Hall–Kier alpha value is -2.13. The maximum atomic E-state index is 12.1. The molecule has 0 aliphatic carbocycles. The van der Waals surface area contributed by atoms with Crippen LogP contribution in [0.4, 0.5) is 5.69 Å². The van der Waals surface area contributed by atoms with Crippen LogP contribution in [0.15, 0.2) is 48.5 Å². The Kier molecular flexibility index (Phi) is 5.94. The van der Waals surface area contributed by atoms with E-state index in [2.05, 4.69) is 43.4 Å². The molecular weight excluding hydrogens is 284 g/mol. The topological polar surface area (TPSA) is 32.3 Å². The number of aryl methyl sites for hydroxylation is 1. The van der Waals surface area contributed by atoms with E-state index in [1.54, 1.807) is 0 Å². The summed E-state index contributed by atoms with van der Waals surface area (Å²) in [6, 6.07) is 16.5. The van der Waals surface area contributed by atoms with E-state index in [-0.39, 0.29) is 5.91 Å². The summed E-state index contributed by atoms with van der Waals surface area (Å²) >= 11 is 0. The molecule has 0 aromatic heterocycles. The molecule has 2 aromatic rings. The number of carbonyl (C=O) groups excluding carboxylic acids is 1. The lowest BCUT2D eigenvalue weighted by Gasteiger charge is -2.17. The smallest absolute Gasteiger partial charge is 0.238 e. The molecule has 3 heteroatoms. The lowest BCUT2D eigenvalue weighted by atomic mass is 10.0. The van der Waals surface area contributed by atoms with E-state index in [9.17, 15) is 4.79 Å². The highest BCUT2D eigenvalue weighted by Crippen LogP contribution is 2.15. The summed E-state index contributed by atoms with van der Waals surface area (Å²) in [5.41, 5.74) is 4.56. The highest BCUT2D eigenvalue weighted by Gasteiger charge is 2.08. The predicted molar refractivity (Wildman–Crippen MR) is 96.7 cm³/mol. The Balaban J connectivity index is 1.86. The molecule has 3 nitrogen and oxygen atoms in total. The van der Waals surface area contributed by atoms with Crippen LogP contribution in [0.5, 0.6) is 0 Å². The van der Waals surface area contributed by atoms with Gasteiger partial charge < -0.3 is 5.32 Å². The molecule has 0 atom stereocenters. The van der Waals surface area contributed by atoms with E-state index in [1.165, 1.54) is 11.1 Å². The van der Waals surface area contributed by atoms with Crippen LogP contribution >= 0.6 is 0 Å². The van der Waals surface area contributed by atoms with Crippen LogP contribution in [0.25, 0.3) is 0 Å². The first-order chi connectivity index (χ1) is 10.9. The minimum atomic E-state index is 0.0110. The molecule has 0 unspecified atom stereocenters. The normalized spacial score (nSPS) is 11.0. The van der Waals surface area contributed by atoms with Crippen LogP contribution in [0.1, 0.15) is 36.5 Å². The molecule has 0 radical (unpaired) electrons. The zero-order chi connectivity index (χ0) is 16.8. The molecule has 2 rings (SSSR count).